The molecule has 8 nitrogen and oxygen atoms in total. The number of rotatable bonds is 2. The number of aliphatic hydroxyl groups excluding tert-OH is 2. The van der Waals surface area contributed by atoms with E-state index in [4.69, 9.17) is 22.0 Å². The van der Waals surface area contributed by atoms with Crippen LogP contribution in [-0.4, -0.2) is 49.5 Å². The molecule has 4 atom stereocenters. The maximum Gasteiger partial charge on any atom is 0.368 e. The number of halogens is 1. The van der Waals surface area contributed by atoms with Crippen LogP contribution in [0.3, 0.4) is 0 Å². The summed E-state index contributed by atoms with van der Waals surface area (Å²) in [5.74, 6) is 1.58. The summed E-state index contributed by atoms with van der Waals surface area (Å²) in [7, 11) is 0. The minimum absolute atomic E-state index is 0.149. The van der Waals surface area contributed by atoms with Crippen LogP contribution in [0.2, 0.25) is 0 Å². The molecule has 2 rings (SSSR count). The van der Waals surface area contributed by atoms with Gasteiger partial charge >= 0.3 is 5.69 Å². The van der Waals surface area contributed by atoms with Crippen molar-refractivity contribution in [1.29, 1.82) is 0 Å². The molecule has 0 amide bonds. The number of hydrogen-bond donors (Lipinski definition) is 3. The van der Waals surface area contributed by atoms with E-state index < -0.39 is 36.4 Å². The summed E-state index contributed by atoms with van der Waals surface area (Å²) in [6.45, 7) is -0.665. The molecule has 19 heavy (non-hydrogen) atoms. The van der Waals surface area contributed by atoms with Crippen LogP contribution in [0.4, 0.5) is 10.2 Å². The number of nitrogens with zero attached hydrogens (tertiary/aromatic N) is 3. The summed E-state index contributed by atoms with van der Waals surface area (Å²) in [5.41, 5.74) is 1.57. The number of ether oxygens (including phenoxy) is 1. The lowest BCUT2D eigenvalue weighted by Crippen LogP contribution is -2.45. The number of anilines is 1. The van der Waals surface area contributed by atoms with E-state index in [1.807, 2.05) is 0 Å². The molecule has 1 saturated heterocycles. The van der Waals surface area contributed by atoms with E-state index >= 15 is 0 Å². The van der Waals surface area contributed by atoms with Gasteiger partial charge in [0.1, 0.15) is 18.0 Å². The lowest BCUT2D eigenvalue weighted by atomic mass is 9.97. The minimum Gasteiger partial charge on any atom is -0.394 e. The van der Waals surface area contributed by atoms with Crippen LogP contribution in [-0.2, 0) is 4.74 Å². The first-order chi connectivity index (χ1) is 8.93. The molecule has 0 saturated carbocycles. The molecule has 1 aliphatic rings. The topological polar surface area (TPSA) is 123 Å². The van der Waals surface area contributed by atoms with Crippen molar-refractivity contribution in [2.45, 2.75) is 24.1 Å². The zero-order chi connectivity index (χ0) is 14.2. The SMILES string of the molecule is C#CC1(F)C(O)C(CO)OC1n1ncc(N)nc1=O. The second-order valence-electron chi connectivity index (χ2n) is 3.98. The van der Waals surface area contributed by atoms with Gasteiger partial charge in [-0.25, -0.2) is 9.18 Å². The van der Waals surface area contributed by atoms with Crippen LogP contribution < -0.4 is 11.4 Å². The fraction of sp³-hybridized carbons (Fsp3) is 0.500. The Morgan fingerprint density at radius 2 is 2.42 bits per heavy atom. The Morgan fingerprint density at radius 1 is 1.74 bits per heavy atom. The lowest BCUT2D eigenvalue weighted by Gasteiger charge is -2.22. The summed E-state index contributed by atoms with van der Waals surface area (Å²) in [4.78, 5) is 14.9. The molecule has 0 spiro atoms. The van der Waals surface area contributed by atoms with Gasteiger partial charge < -0.3 is 20.7 Å². The molecule has 1 aromatic heterocycles. The van der Waals surface area contributed by atoms with Crippen molar-refractivity contribution in [3.8, 4) is 12.3 Å². The van der Waals surface area contributed by atoms with Crippen molar-refractivity contribution in [3.05, 3.63) is 16.7 Å². The third kappa shape index (κ3) is 1.95. The highest BCUT2D eigenvalue weighted by Gasteiger charge is 2.58. The second-order valence-corrected chi connectivity index (χ2v) is 3.98. The van der Waals surface area contributed by atoms with Crippen LogP contribution in [0, 0.1) is 12.3 Å². The fourth-order valence-corrected chi connectivity index (χ4v) is 1.81. The molecule has 2 heterocycles. The highest BCUT2D eigenvalue weighted by molar-refractivity contribution is 5.22. The van der Waals surface area contributed by atoms with E-state index in [0.29, 0.717) is 4.68 Å². The van der Waals surface area contributed by atoms with Gasteiger partial charge in [0.2, 0.25) is 11.9 Å². The molecule has 0 bridgehead atoms. The van der Waals surface area contributed by atoms with Crippen LogP contribution in [0.25, 0.3) is 0 Å². The molecular weight excluding hydrogens is 259 g/mol. The average molecular weight is 270 g/mol. The number of terminal acetylenes is 1. The predicted molar refractivity (Wildman–Crippen MR) is 60.4 cm³/mol. The molecule has 1 aromatic rings. The van der Waals surface area contributed by atoms with Gasteiger partial charge in [-0.15, -0.1) is 6.42 Å². The molecule has 1 fully saturated rings. The number of alkyl halides is 1. The number of aromatic nitrogens is 3. The lowest BCUT2D eigenvalue weighted by molar-refractivity contribution is -0.0609. The maximum absolute atomic E-state index is 14.5. The van der Waals surface area contributed by atoms with Gasteiger partial charge in [0.05, 0.1) is 12.8 Å². The highest BCUT2D eigenvalue weighted by atomic mass is 19.1. The summed E-state index contributed by atoms with van der Waals surface area (Å²) >= 11 is 0. The highest BCUT2D eigenvalue weighted by Crippen LogP contribution is 2.39. The normalized spacial score (nSPS) is 34.1. The Hall–Kier alpha value is -2.02. The van der Waals surface area contributed by atoms with Crippen LogP contribution in [0.1, 0.15) is 6.23 Å². The monoisotopic (exact) mass is 270 g/mol. The third-order valence-electron chi connectivity index (χ3n) is 2.80. The average Bonchev–Trinajstić information content (AvgIpc) is 2.63. The molecule has 4 unspecified atom stereocenters. The number of hydrogen-bond acceptors (Lipinski definition) is 7. The predicted octanol–water partition coefficient (Wildman–Crippen LogP) is -2.19. The molecule has 102 valence electrons. The Balaban J connectivity index is 2.49. The number of nitrogen functional groups attached to an aromatic ring is 1. The van der Waals surface area contributed by atoms with Crippen LogP contribution >= 0.6 is 0 Å². The van der Waals surface area contributed by atoms with E-state index in [1.165, 1.54) is 0 Å². The summed E-state index contributed by atoms with van der Waals surface area (Å²) in [6.07, 6.45) is 1.31. The van der Waals surface area contributed by atoms with Crippen molar-refractivity contribution >= 4 is 5.82 Å². The van der Waals surface area contributed by atoms with Crippen molar-refractivity contribution < 1.29 is 19.3 Å². The Labute approximate surface area is 106 Å². The first kappa shape index (κ1) is 13.4. The zero-order valence-electron chi connectivity index (χ0n) is 9.60. The third-order valence-corrected chi connectivity index (χ3v) is 2.80. The van der Waals surface area contributed by atoms with E-state index in [1.54, 1.807) is 5.92 Å². The molecule has 0 radical (unpaired) electrons. The number of nitrogens with two attached hydrogens (primary N) is 1. The van der Waals surface area contributed by atoms with Gasteiger partial charge in [0, 0.05) is 0 Å². The first-order valence-corrected chi connectivity index (χ1v) is 5.26. The van der Waals surface area contributed by atoms with Crippen molar-refractivity contribution in [1.82, 2.24) is 14.8 Å². The second kappa shape index (κ2) is 4.58. The molecule has 0 aliphatic carbocycles. The Kier molecular flexibility index (Phi) is 3.23. The van der Waals surface area contributed by atoms with E-state index in [9.17, 15) is 14.3 Å². The van der Waals surface area contributed by atoms with Crippen molar-refractivity contribution in [2.75, 3.05) is 12.3 Å². The first-order valence-electron chi connectivity index (χ1n) is 5.26. The van der Waals surface area contributed by atoms with Gasteiger partial charge in [-0.1, -0.05) is 5.92 Å². The van der Waals surface area contributed by atoms with Gasteiger partial charge in [0.25, 0.3) is 0 Å². The van der Waals surface area contributed by atoms with E-state index in [0.717, 1.165) is 6.20 Å². The minimum atomic E-state index is -2.71. The van der Waals surface area contributed by atoms with Crippen molar-refractivity contribution in [3.63, 3.8) is 0 Å². The van der Waals surface area contributed by atoms with Gasteiger partial charge in [-0.05, 0) is 0 Å². The zero-order valence-corrected chi connectivity index (χ0v) is 9.60. The Bertz CT molecular complexity index is 586. The van der Waals surface area contributed by atoms with Crippen LogP contribution in [0.5, 0.6) is 0 Å². The van der Waals surface area contributed by atoms with Gasteiger partial charge in [-0.2, -0.15) is 14.8 Å². The molecule has 9 heteroatoms. The summed E-state index contributed by atoms with van der Waals surface area (Å²) < 4.78 is 20.1. The van der Waals surface area contributed by atoms with Gasteiger partial charge in [0.15, 0.2) is 0 Å². The molecule has 4 N–H and O–H groups in total. The van der Waals surface area contributed by atoms with Crippen molar-refractivity contribution in [2.24, 2.45) is 0 Å². The molecule has 1 aliphatic heterocycles. The van der Waals surface area contributed by atoms with E-state index in [-0.39, 0.29) is 5.82 Å². The smallest absolute Gasteiger partial charge is 0.368 e. The summed E-state index contributed by atoms with van der Waals surface area (Å²) in [6, 6.07) is 0. The largest absolute Gasteiger partial charge is 0.394 e. The van der Waals surface area contributed by atoms with Crippen LogP contribution in [0.15, 0.2) is 11.0 Å². The molecular formula is C10H11FN4O4. The quantitative estimate of drug-likeness (QED) is 0.521. The summed E-state index contributed by atoms with van der Waals surface area (Å²) in [5, 5.41) is 22.2. The molecule has 0 aromatic carbocycles. The van der Waals surface area contributed by atoms with Gasteiger partial charge in [-0.3, -0.25) is 0 Å². The Morgan fingerprint density at radius 3 is 2.95 bits per heavy atom. The van der Waals surface area contributed by atoms with E-state index in [2.05, 4.69) is 10.1 Å². The standard InChI is InChI=1S/C10H11FN4O4/c1-2-10(11)7(17)5(4-16)19-8(10)15-9(18)14-6(12)3-13-15/h1,3,5,7-8,16-17H,4H2,(H2,12,14,18). The number of aliphatic hydroxyl groups is 2. The maximum atomic E-state index is 14.5. The fourth-order valence-electron chi connectivity index (χ4n) is 1.81.